The standard InChI is InChI=1S/C13H17ClN2O3/c1-3-9(12(17)18)7-15-13(19)16-11-8(2)5-4-6-10(11)14/h4-6,9H,3,7H2,1-2H3,(H,17,18)(H2,15,16,19). The quantitative estimate of drug-likeness (QED) is 0.778. The second kappa shape index (κ2) is 6.99. The number of hydrogen-bond acceptors (Lipinski definition) is 2. The van der Waals surface area contributed by atoms with E-state index < -0.39 is 17.9 Å². The van der Waals surface area contributed by atoms with E-state index in [1.165, 1.54) is 0 Å². The van der Waals surface area contributed by atoms with Crippen LogP contribution in [-0.2, 0) is 4.79 Å². The molecule has 0 radical (unpaired) electrons. The molecule has 2 amide bonds. The first-order valence-electron chi connectivity index (χ1n) is 5.98. The minimum atomic E-state index is -0.920. The summed E-state index contributed by atoms with van der Waals surface area (Å²) in [6, 6.07) is 4.83. The number of carbonyl (C=O) groups is 2. The molecular formula is C13H17ClN2O3. The molecule has 0 aliphatic heterocycles. The van der Waals surface area contributed by atoms with Crippen molar-refractivity contribution in [3.63, 3.8) is 0 Å². The first-order valence-corrected chi connectivity index (χ1v) is 6.36. The third-order valence-corrected chi connectivity index (χ3v) is 3.13. The summed E-state index contributed by atoms with van der Waals surface area (Å²) in [5.41, 5.74) is 1.37. The van der Waals surface area contributed by atoms with Gasteiger partial charge in [0.2, 0.25) is 0 Å². The van der Waals surface area contributed by atoms with Gasteiger partial charge in [-0.25, -0.2) is 4.79 Å². The van der Waals surface area contributed by atoms with E-state index in [0.29, 0.717) is 17.1 Å². The average Bonchev–Trinajstić information content (AvgIpc) is 2.34. The Labute approximate surface area is 117 Å². The average molecular weight is 285 g/mol. The van der Waals surface area contributed by atoms with Crippen LogP contribution in [0.25, 0.3) is 0 Å². The third-order valence-electron chi connectivity index (χ3n) is 2.81. The Hall–Kier alpha value is -1.75. The highest BCUT2D eigenvalue weighted by Gasteiger charge is 2.16. The summed E-state index contributed by atoms with van der Waals surface area (Å²) >= 11 is 5.98. The Morgan fingerprint density at radius 3 is 2.63 bits per heavy atom. The number of carboxylic acid groups (broad SMARTS) is 1. The molecule has 1 aromatic carbocycles. The number of rotatable bonds is 5. The van der Waals surface area contributed by atoms with Crippen molar-refractivity contribution in [3.05, 3.63) is 28.8 Å². The van der Waals surface area contributed by atoms with Crippen molar-refractivity contribution in [3.8, 4) is 0 Å². The van der Waals surface area contributed by atoms with Crippen LogP contribution in [0.5, 0.6) is 0 Å². The van der Waals surface area contributed by atoms with E-state index in [4.69, 9.17) is 16.7 Å². The first kappa shape index (κ1) is 15.3. The number of carbonyl (C=O) groups excluding carboxylic acids is 1. The molecule has 19 heavy (non-hydrogen) atoms. The van der Waals surface area contributed by atoms with Gasteiger partial charge in [0.15, 0.2) is 0 Å². The zero-order chi connectivity index (χ0) is 14.4. The number of aliphatic carboxylic acids is 1. The molecule has 0 aromatic heterocycles. The summed E-state index contributed by atoms with van der Waals surface area (Å²) in [4.78, 5) is 22.5. The number of nitrogens with one attached hydrogen (secondary N) is 2. The normalized spacial score (nSPS) is 11.7. The van der Waals surface area contributed by atoms with Gasteiger partial charge in [0.05, 0.1) is 16.6 Å². The molecule has 6 heteroatoms. The lowest BCUT2D eigenvalue weighted by molar-refractivity contribution is -0.141. The lowest BCUT2D eigenvalue weighted by Crippen LogP contribution is -2.35. The van der Waals surface area contributed by atoms with Crippen LogP contribution in [0.1, 0.15) is 18.9 Å². The molecule has 0 saturated carbocycles. The molecule has 0 bridgehead atoms. The molecule has 1 aromatic rings. The van der Waals surface area contributed by atoms with Gasteiger partial charge in [0.25, 0.3) is 0 Å². The van der Waals surface area contributed by atoms with Crippen LogP contribution in [0.15, 0.2) is 18.2 Å². The molecule has 3 N–H and O–H groups in total. The van der Waals surface area contributed by atoms with Crippen LogP contribution >= 0.6 is 11.6 Å². The van der Waals surface area contributed by atoms with Crippen molar-refractivity contribution in [1.82, 2.24) is 5.32 Å². The van der Waals surface area contributed by atoms with Gasteiger partial charge in [0, 0.05) is 6.54 Å². The maximum absolute atomic E-state index is 11.7. The number of aryl methyl sites for hydroxylation is 1. The molecule has 5 nitrogen and oxygen atoms in total. The molecule has 0 heterocycles. The molecule has 104 valence electrons. The summed E-state index contributed by atoms with van der Waals surface area (Å²) in [6.07, 6.45) is 0.459. The second-order valence-electron chi connectivity index (χ2n) is 4.21. The summed E-state index contributed by atoms with van der Waals surface area (Å²) in [6.45, 7) is 3.67. The molecule has 1 unspecified atom stereocenters. The summed E-state index contributed by atoms with van der Waals surface area (Å²) in [5.74, 6) is -1.50. The fourth-order valence-corrected chi connectivity index (χ4v) is 1.84. The van der Waals surface area contributed by atoms with Crippen LogP contribution in [0.4, 0.5) is 10.5 Å². The Morgan fingerprint density at radius 1 is 1.42 bits per heavy atom. The van der Waals surface area contributed by atoms with Gasteiger partial charge in [-0.1, -0.05) is 30.7 Å². The second-order valence-corrected chi connectivity index (χ2v) is 4.62. The predicted molar refractivity (Wildman–Crippen MR) is 74.6 cm³/mol. The topological polar surface area (TPSA) is 78.4 Å². The Bertz CT molecular complexity index is 457. The molecule has 0 fully saturated rings. The summed E-state index contributed by atoms with van der Waals surface area (Å²) in [7, 11) is 0. The predicted octanol–water partition coefficient (Wildman–Crippen LogP) is 2.88. The molecule has 0 spiro atoms. The maximum atomic E-state index is 11.7. The van der Waals surface area contributed by atoms with Gasteiger partial charge < -0.3 is 15.7 Å². The number of carboxylic acids is 1. The van der Waals surface area contributed by atoms with Crippen molar-refractivity contribution in [2.75, 3.05) is 11.9 Å². The highest BCUT2D eigenvalue weighted by molar-refractivity contribution is 6.33. The zero-order valence-corrected chi connectivity index (χ0v) is 11.6. The van der Waals surface area contributed by atoms with E-state index in [9.17, 15) is 9.59 Å². The van der Waals surface area contributed by atoms with Crippen molar-refractivity contribution < 1.29 is 14.7 Å². The fourth-order valence-electron chi connectivity index (χ4n) is 1.57. The highest BCUT2D eigenvalue weighted by Crippen LogP contribution is 2.24. The smallest absolute Gasteiger partial charge is 0.319 e. The van der Waals surface area contributed by atoms with Crippen molar-refractivity contribution in [1.29, 1.82) is 0 Å². The lowest BCUT2D eigenvalue weighted by atomic mass is 10.1. The van der Waals surface area contributed by atoms with Crippen LogP contribution in [0, 0.1) is 12.8 Å². The van der Waals surface area contributed by atoms with E-state index in [0.717, 1.165) is 5.56 Å². The van der Waals surface area contributed by atoms with Crippen LogP contribution in [-0.4, -0.2) is 23.7 Å². The van der Waals surface area contributed by atoms with Crippen molar-refractivity contribution in [2.24, 2.45) is 5.92 Å². The van der Waals surface area contributed by atoms with E-state index >= 15 is 0 Å². The first-order chi connectivity index (χ1) is 8.95. The molecule has 0 aliphatic carbocycles. The number of halogens is 1. The van der Waals surface area contributed by atoms with E-state index in [-0.39, 0.29) is 6.54 Å². The van der Waals surface area contributed by atoms with Gasteiger partial charge in [-0.05, 0) is 25.0 Å². The zero-order valence-electron chi connectivity index (χ0n) is 10.9. The summed E-state index contributed by atoms with van der Waals surface area (Å²) in [5, 5.41) is 14.5. The number of benzene rings is 1. The Morgan fingerprint density at radius 2 is 2.11 bits per heavy atom. The van der Waals surface area contributed by atoms with E-state index in [2.05, 4.69) is 10.6 Å². The Kier molecular flexibility index (Phi) is 5.63. The van der Waals surface area contributed by atoms with Gasteiger partial charge in [-0.2, -0.15) is 0 Å². The third kappa shape index (κ3) is 4.44. The number of hydrogen-bond donors (Lipinski definition) is 3. The molecule has 0 saturated heterocycles. The van der Waals surface area contributed by atoms with Gasteiger partial charge in [-0.15, -0.1) is 0 Å². The van der Waals surface area contributed by atoms with E-state index in [1.807, 2.05) is 13.0 Å². The number of amides is 2. The largest absolute Gasteiger partial charge is 0.481 e. The number of para-hydroxylation sites is 1. The lowest BCUT2D eigenvalue weighted by Gasteiger charge is -2.13. The van der Waals surface area contributed by atoms with E-state index in [1.54, 1.807) is 19.1 Å². The minimum absolute atomic E-state index is 0.0845. The number of urea groups is 1. The Balaban J connectivity index is 2.59. The molecule has 1 rings (SSSR count). The van der Waals surface area contributed by atoms with Crippen LogP contribution < -0.4 is 10.6 Å². The monoisotopic (exact) mass is 284 g/mol. The van der Waals surface area contributed by atoms with Crippen LogP contribution in [0.2, 0.25) is 5.02 Å². The molecular weight excluding hydrogens is 268 g/mol. The van der Waals surface area contributed by atoms with Crippen molar-refractivity contribution in [2.45, 2.75) is 20.3 Å². The maximum Gasteiger partial charge on any atom is 0.319 e. The van der Waals surface area contributed by atoms with Crippen LogP contribution in [0.3, 0.4) is 0 Å². The minimum Gasteiger partial charge on any atom is -0.481 e. The fraction of sp³-hybridized carbons (Fsp3) is 0.385. The SMILES string of the molecule is CCC(CNC(=O)Nc1c(C)cccc1Cl)C(=O)O. The molecule has 0 aliphatic rings. The molecule has 1 atom stereocenters. The van der Waals surface area contributed by atoms with Gasteiger partial charge in [0.1, 0.15) is 0 Å². The van der Waals surface area contributed by atoms with Crippen molar-refractivity contribution >= 4 is 29.3 Å². The number of anilines is 1. The summed E-state index contributed by atoms with van der Waals surface area (Å²) < 4.78 is 0. The highest BCUT2D eigenvalue weighted by atomic mass is 35.5. The van der Waals surface area contributed by atoms with Gasteiger partial charge in [-0.3, -0.25) is 4.79 Å². The van der Waals surface area contributed by atoms with Gasteiger partial charge >= 0.3 is 12.0 Å².